The Balaban J connectivity index is 2.46. The second kappa shape index (κ2) is 12.4. The molecule has 0 aromatic heterocycles. The molecule has 2 amide bonds. The molecule has 0 saturated heterocycles. The van der Waals surface area contributed by atoms with E-state index in [9.17, 15) is 18.0 Å². The summed E-state index contributed by atoms with van der Waals surface area (Å²) in [6.45, 7) is 5.82. The molecule has 0 heterocycles. The van der Waals surface area contributed by atoms with Crippen molar-refractivity contribution in [3.8, 4) is 0 Å². The number of nitrogens with zero attached hydrogens (tertiary/aromatic N) is 2. The summed E-state index contributed by atoms with van der Waals surface area (Å²) in [6, 6.07) is 11.4. The van der Waals surface area contributed by atoms with Crippen LogP contribution in [0.4, 0.5) is 5.69 Å². The van der Waals surface area contributed by atoms with Gasteiger partial charge in [0.25, 0.3) is 0 Å². The predicted molar refractivity (Wildman–Crippen MR) is 138 cm³/mol. The average molecular weight is 529 g/mol. The van der Waals surface area contributed by atoms with Crippen LogP contribution in [-0.4, -0.2) is 50.5 Å². The fraction of sp³-hybridized carbons (Fsp3) is 0.417. The molecule has 34 heavy (non-hydrogen) atoms. The van der Waals surface area contributed by atoms with Gasteiger partial charge in [0.2, 0.25) is 21.8 Å². The smallest absolute Gasteiger partial charge is 0.244 e. The molecular formula is C24H31Cl2N3O4S. The Kier molecular flexibility index (Phi) is 10.2. The summed E-state index contributed by atoms with van der Waals surface area (Å²) in [7, 11) is -3.89. The molecule has 2 aromatic rings. The third-order valence-electron chi connectivity index (χ3n) is 5.29. The molecule has 2 aromatic carbocycles. The van der Waals surface area contributed by atoms with E-state index < -0.39 is 28.5 Å². The van der Waals surface area contributed by atoms with Crippen molar-refractivity contribution in [3.05, 3.63) is 63.6 Å². The van der Waals surface area contributed by atoms with E-state index in [1.54, 1.807) is 6.07 Å². The summed E-state index contributed by atoms with van der Waals surface area (Å²) in [4.78, 5) is 27.9. The first kappa shape index (κ1) is 28.0. The predicted octanol–water partition coefficient (Wildman–Crippen LogP) is 4.40. The molecule has 1 atom stereocenters. The van der Waals surface area contributed by atoms with Gasteiger partial charge in [0.05, 0.1) is 22.0 Å². The summed E-state index contributed by atoms with van der Waals surface area (Å²) >= 11 is 12.4. The molecule has 1 unspecified atom stereocenters. The molecule has 0 bridgehead atoms. The Morgan fingerprint density at radius 1 is 1.06 bits per heavy atom. The van der Waals surface area contributed by atoms with Crippen LogP contribution in [0.5, 0.6) is 0 Å². The molecule has 7 nitrogen and oxygen atoms in total. The highest BCUT2D eigenvalue weighted by Crippen LogP contribution is 2.33. The normalized spacial score (nSPS) is 12.2. The first-order valence-electron chi connectivity index (χ1n) is 11.0. The van der Waals surface area contributed by atoms with Gasteiger partial charge in [-0.2, -0.15) is 0 Å². The van der Waals surface area contributed by atoms with Gasteiger partial charge in [-0.15, -0.1) is 0 Å². The summed E-state index contributed by atoms with van der Waals surface area (Å²) in [6.07, 6.45) is 2.11. The van der Waals surface area contributed by atoms with Gasteiger partial charge in [0.1, 0.15) is 12.6 Å². The highest BCUT2D eigenvalue weighted by molar-refractivity contribution is 7.92. The zero-order valence-corrected chi connectivity index (χ0v) is 22.2. The number of sulfonamides is 1. The van der Waals surface area contributed by atoms with Crippen molar-refractivity contribution in [2.24, 2.45) is 0 Å². The Hall–Kier alpha value is -2.29. The zero-order chi connectivity index (χ0) is 25.5. The Morgan fingerprint density at radius 2 is 1.71 bits per heavy atom. The number of hydrogen-bond acceptors (Lipinski definition) is 4. The van der Waals surface area contributed by atoms with Gasteiger partial charge in [-0.05, 0) is 37.5 Å². The maximum absolute atomic E-state index is 13.6. The standard InChI is InChI=1S/C24H31Cl2N3O4S/c1-5-14-27-24(31)20(6-2)28(15-18-12-10-17(3)11-13-18)22(30)16-29(34(4,32)33)21-9-7-8-19(25)23(21)26/h7-13,20H,5-6,14-16H2,1-4H3,(H,27,31). The fourth-order valence-corrected chi connectivity index (χ4v) is 4.76. The molecule has 2 rings (SSSR count). The Morgan fingerprint density at radius 3 is 2.26 bits per heavy atom. The number of aryl methyl sites for hydroxylation is 1. The topological polar surface area (TPSA) is 86.8 Å². The third-order valence-corrected chi connectivity index (χ3v) is 7.22. The summed E-state index contributed by atoms with van der Waals surface area (Å²) in [5.74, 6) is -0.808. The van der Waals surface area contributed by atoms with E-state index in [0.717, 1.165) is 28.1 Å². The van der Waals surface area contributed by atoms with Gasteiger partial charge >= 0.3 is 0 Å². The van der Waals surface area contributed by atoms with Crippen molar-refractivity contribution in [1.82, 2.24) is 10.2 Å². The lowest BCUT2D eigenvalue weighted by Crippen LogP contribution is -2.52. The summed E-state index contributed by atoms with van der Waals surface area (Å²) in [5.41, 5.74) is 1.99. The second-order valence-corrected chi connectivity index (χ2v) is 10.8. The summed E-state index contributed by atoms with van der Waals surface area (Å²) < 4.78 is 26.2. The minimum absolute atomic E-state index is 0.0280. The number of nitrogens with one attached hydrogen (secondary N) is 1. The molecular weight excluding hydrogens is 497 g/mol. The number of rotatable bonds is 11. The van der Waals surface area contributed by atoms with E-state index in [0.29, 0.717) is 13.0 Å². The maximum Gasteiger partial charge on any atom is 0.244 e. The Bertz CT molecular complexity index is 1110. The first-order valence-corrected chi connectivity index (χ1v) is 13.6. The van der Waals surface area contributed by atoms with Gasteiger partial charge in [-0.25, -0.2) is 8.42 Å². The second-order valence-electron chi connectivity index (χ2n) is 8.06. The number of amides is 2. The van der Waals surface area contributed by atoms with Crippen LogP contribution in [0, 0.1) is 6.92 Å². The van der Waals surface area contributed by atoms with E-state index in [1.807, 2.05) is 45.0 Å². The van der Waals surface area contributed by atoms with E-state index >= 15 is 0 Å². The van der Waals surface area contributed by atoms with Crippen LogP contribution in [0.3, 0.4) is 0 Å². The average Bonchev–Trinajstić information content (AvgIpc) is 2.78. The quantitative estimate of drug-likeness (QED) is 0.469. The van der Waals surface area contributed by atoms with Crippen molar-refractivity contribution in [2.45, 2.75) is 46.2 Å². The molecule has 0 fully saturated rings. The summed E-state index contributed by atoms with van der Waals surface area (Å²) in [5, 5.41) is 3.04. The molecule has 0 radical (unpaired) electrons. The van der Waals surface area contributed by atoms with Crippen molar-refractivity contribution in [2.75, 3.05) is 23.7 Å². The molecule has 0 saturated carbocycles. The SMILES string of the molecule is CCCNC(=O)C(CC)N(Cc1ccc(C)cc1)C(=O)CN(c1cccc(Cl)c1Cl)S(C)(=O)=O. The maximum atomic E-state index is 13.6. The molecule has 0 aliphatic carbocycles. The van der Waals surface area contributed by atoms with Gasteiger partial charge < -0.3 is 10.2 Å². The lowest BCUT2D eigenvalue weighted by molar-refractivity contribution is -0.140. The van der Waals surface area contributed by atoms with Crippen LogP contribution in [0.2, 0.25) is 10.0 Å². The monoisotopic (exact) mass is 527 g/mol. The molecule has 186 valence electrons. The highest BCUT2D eigenvalue weighted by Gasteiger charge is 2.32. The van der Waals surface area contributed by atoms with Gasteiger partial charge in [0, 0.05) is 13.1 Å². The van der Waals surface area contributed by atoms with Gasteiger partial charge in [-0.3, -0.25) is 13.9 Å². The number of carbonyl (C=O) groups excluding carboxylic acids is 2. The van der Waals surface area contributed by atoms with E-state index in [-0.39, 0.29) is 28.2 Å². The van der Waals surface area contributed by atoms with Crippen LogP contribution in [0.1, 0.15) is 37.8 Å². The van der Waals surface area contributed by atoms with Crippen LogP contribution < -0.4 is 9.62 Å². The third kappa shape index (κ3) is 7.35. The number of benzene rings is 2. The first-order chi connectivity index (χ1) is 16.0. The molecule has 0 aliphatic heterocycles. The number of hydrogen-bond donors (Lipinski definition) is 1. The number of halogens is 2. The van der Waals surface area contributed by atoms with Crippen LogP contribution in [0.25, 0.3) is 0 Å². The van der Waals surface area contributed by atoms with Crippen LogP contribution in [0.15, 0.2) is 42.5 Å². The molecule has 0 spiro atoms. The molecule has 1 N–H and O–H groups in total. The van der Waals surface area contributed by atoms with Crippen LogP contribution >= 0.6 is 23.2 Å². The minimum atomic E-state index is -3.89. The van der Waals surface area contributed by atoms with Crippen molar-refractivity contribution in [3.63, 3.8) is 0 Å². The lowest BCUT2D eigenvalue weighted by atomic mass is 10.1. The highest BCUT2D eigenvalue weighted by atomic mass is 35.5. The van der Waals surface area contributed by atoms with E-state index in [2.05, 4.69) is 5.32 Å². The molecule has 0 aliphatic rings. The van der Waals surface area contributed by atoms with Crippen molar-refractivity contribution < 1.29 is 18.0 Å². The number of carbonyl (C=O) groups is 2. The van der Waals surface area contributed by atoms with Crippen molar-refractivity contribution >= 4 is 50.7 Å². The van der Waals surface area contributed by atoms with E-state index in [4.69, 9.17) is 23.2 Å². The van der Waals surface area contributed by atoms with Gasteiger partial charge in [0.15, 0.2) is 0 Å². The largest absolute Gasteiger partial charge is 0.354 e. The minimum Gasteiger partial charge on any atom is -0.354 e. The lowest BCUT2D eigenvalue weighted by Gasteiger charge is -2.33. The van der Waals surface area contributed by atoms with Crippen molar-refractivity contribution in [1.29, 1.82) is 0 Å². The van der Waals surface area contributed by atoms with E-state index in [1.165, 1.54) is 17.0 Å². The van der Waals surface area contributed by atoms with Crippen LogP contribution in [-0.2, 0) is 26.2 Å². The fourth-order valence-electron chi connectivity index (χ4n) is 3.46. The Labute approximate surface area is 212 Å². The zero-order valence-electron chi connectivity index (χ0n) is 19.8. The van der Waals surface area contributed by atoms with Gasteiger partial charge in [-0.1, -0.05) is 72.9 Å². The number of anilines is 1. The molecule has 10 heteroatoms.